The van der Waals surface area contributed by atoms with Crippen molar-refractivity contribution in [3.8, 4) is 0 Å². The molecule has 0 unspecified atom stereocenters. The molecule has 0 atom stereocenters. The van der Waals surface area contributed by atoms with Gasteiger partial charge in [0.05, 0.1) is 18.4 Å². The fraction of sp³-hybridized carbons (Fsp3) is 0.588. The first kappa shape index (κ1) is 15.9. The number of aryl methyl sites for hydroxylation is 2. The van der Waals surface area contributed by atoms with Crippen molar-refractivity contribution in [2.75, 3.05) is 19.6 Å². The number of piperidine rings is 1. The van der Waals surface area contributed by atoms with Gasteiger partial charge in [-0.05, 0) is 57.3 Å². The molecule has 0 saturated carbocycles. The molecule has 1 fully saturated rings. The summed E-state index contributed by atoms with van der Waals surface area (Å²) in [4.78, 5) is 14.3. The quantitative estimate of drug-likeness (QED) is 0.838. The van der Waals surface area contributed by atoms with Crippen molar-refractivity contribution in [3.63, 3.8) is 0 Å². The molecule has 0 N–H and O–H groups in total. The molecule has 6 heteroatoms. The lowest BCUT2D eigenvalue weighted by Crippen LogP contribution is -2.38. The average molecular weight is 315 g/mol. The lowest BCUT2D eigenvalue weighted by atomic mass is 9.97. The molecule has 124 valence electrons. The van der Waals surface area contributed by atoms with Gasteiger partial charge in [0.15, 0.2) is 0 Å². The molecule has 1 saturated heterocycles. The van der Waals surface area contributed by atoms with Crippen LogP contribution in [0.1, 0.15) is 24.1 Å². The highest BCUT2D eigenvalue weighted by molar-refractivity contribution is 4.99. The van der Waals surface area contributed by atoms with Crippen LogP contribution in [0.2, 0.25) is 0 Å². The Kier molecular flexibility index (Phi) is 4.91. The van der Waals surface area contributed by atoms with Crippen molar-refractivity contribution in [1.82, 2.24) is 24.5 Å². The van der Waals surface area contributed by atoms with E-state index >= 15 is 0 Å². The summed E-state index contributed by atoms with van der Waals surface area (Å²) >= 11 is 0. The fourth-order valence-electron chi connectivity index (χ4n) is 3.15. The Hall–Kier alpha value is -1.95. The minimum atomic E-state index is 0.00656. The van der Waals surface area contributed by atoms with Crippen molar-refractivity contribution in [1.29, 1.82) is 0 Å². The second-order valence-corrected chi connectivity index (χ2v) is 6.56. The van der Waals surface area contributed by atoms with Gasteiger partial charge in [-0.1, -0.05) is 0 Å². The van der Waals surface area contributed by atoms with Gasteiger partial charge in [-0.3, -0.25) is 9.48 Å². The van der Waals surface area contributed by atoms with Crippen LogP contribution in [0.3, 0.4) is 0 Å². The van der Waals surface area contributed by atoms with Crippen LogP contribution >= 0.6 is 0 Å². The fourth-order valence-corrected chi connectivity index (χ4v) is 3.15. The third-order valence-corrected chi connectivity index (χ3v) is 4.55. The van der Waals surface area contributed by atoms with E-state index in [0.29, 0.717) is 5.92 Å². The third kappa shape index (κ3) is 4.28. The maximum absolute atomic E-state index is 11.9. The molecule has 1 aliphatic rings. The van der Waals surface area contributed by atoms with Crippen LogP contribution in [-0.4, -0.2) is 44.1 Å². The highest BCUT2D eigenvalue weighted by Crippen LogP contribution is 2.18. The maximum Gasteiger partial charge on any atom is 0.266 e. The molecular formula is C17H25N5O. The van der Waals surface area contributed by atoms with E-state index in [1.54, 1.807) is 16.8 Å². The van der Waals surface area contributed by atoms with Gasteiger partial charge in [-0.15, -0.1) is 0 Å². The van der Waals surface area contributed by atoms with Crippen LogP contribution in [-0.2, 0) is 13.1 Å². The van der Waals surface area contributed by atoms with Crippen molar-refractivity contribution in [3.05, 3.63) is 46.1 Å². The van der Waals surface area contributed by atoms with Gasteiger partial charge < -0.3 is 4.90 Å². The summed E-state index contributed by atoms with van der Waals surface area (Å²) in [5.74, 6) is 0.546. The van der Waals surface area contributed by atoms with Crippen molar-refractivity contribution in [2.24, 2.45) is 5.92 Å². The minimum Gasteiger partial charge on any atom is -0.301 e. The third-order valence-electron chi connectivity index (χ3n) is 4.55. The summed E-state index contributed by atoms with van der Waals surface area (Å²) in [7, 11) is 0. The van der Waals surface area contributed by atoms with E-state index in [1.807, 2.05) is 17.8 Å². The lowest BCUT2D eigenvalue weighted by Gasteiger charge is -2.31. The molecule has 2 aromatic rings. The van der Waals surface area contributed by atoms with Crippen LogP contribution in [0, 0.1) is 19.8 Å². The summed E-state index contributed by atoms with van der Waals surface area (Å²) in [5, 5.41) is 8.68. The molecule has 3 rings (SSSR count). The van der Waals surface area contributed by atoms with Crippen LogP contribution in [0.4, 0.5) is 0 Å². The van der Waals surface area contributed by atoms with Crippen molar-refractivity contribution in [2.45, 2.75) is 39.8 Å². The zero-order valence-corrected chi connectivity index (χ0v) is 14.0. The number of likely N-dealkylation sites (tertiary alicyclic amines) is 1. The first-order chi connectivity index (χ1) is 11.1. The molecule has 0 amide bonds. The lowest BCUT2D eigenvalue weighted by molar-refractivity contribution is 0.163. The molecule has 0 spiro atoms. The second kappa shape index (κ2) is 7.08. The number of hydrogen-bond acceptors (Lipinski definition) is 4. The molecule has 2 aromatic heterocycles. The molecule has 1 aliphatic heterocycles. The Morgan fingerprint density at radius 1 is 1.17 bits per heavy atom. The number of hydrogen-bond donors (Lipinski definition) is 0. The van der Waals surface area contributed by atoms with E-state index in [9.17, 15) is 4.79 Å². The summed E-state index contributed by atoms with van der Waals surface area (Å²) in [6, 6.07) is 3.39. The molecular weight excluding hydrogens is 290 g/mol. The molecule has 3 heterocycles. The van der Waals surface area contributed by atoms with Crippen LogP contribution in [0.15, 0.2) is 29.3 Å². The standard InChI is InChI=1S/C17H25N5O/c1-14-11-18-21(12-14)10-9-20-7-5-16(6-8-20)13-22-17(23)4-3-15(2)19-22/h3-4,11-12,16H,5-10,13H2,1-2H3. The number of rotatable bonds is 5. The summed E-state index contributed by atoms with van der Waals surface area (Å²) in [6.07, 6.45) is 6.24. The predicted molar refractivity (Wildman–Crippen MR) is 89.4 cm³/mol. The second-order valence-electron chi connectivity index (χ2n) is 6.56. The smallest absolute Gasteiger partial charge is 0.266 e. The molecule has 23 heavy (non-hydrogen) atoms. The highest BCUT2D eigenvalue weighted by atomic mass is 16.1. The monoisotopic (exact) mass is 315 g/mol. The Morgan fingerprint density at radius 3 is 2.65 bits per heavy atom. The van der Waals surface area contributed by atoms with E-state index in [-0.39, 0.29) is 5.56 Å². The largest absolute Gasteiger partial charge is 0.301 e. The van der Waals surface area contributed by atoms with E-state index in [4.69, 9.17) is 0 Å². The maximum atomic E-state index is 11.9. The summed E-state index contributed by atoms with van der Waals surface area (Å²) in [6.45, 7) is 8.89. The van der Waals surface area contributed by atoms with Gasteiger partial charge in [0, 0.05) is 25.4 Å². The normalized spacial score (nSPS) is 16.8. The molecule has 0 aliphatic carbocycles. The van der Waals surface area contributed by atoms with Gasteiger partial charge in [-0.2, -0.15) is 10.2 Å². The van der Waals surface area contributed by atoms with Crippen LogP contribution in [0.5, 0.6) is 0 Å². The topological polar surface area (TPSA) is 56.0 Å². The SMILES string of the molecule is Cc1cnn(CCN2CCC(Cn3nc(C)ccc3=O)CC2)c1. The van der Waals surface area contributed by atoms with E-state index in [2.05, 4.69) is 28.2 Å². The summed E-state index contributed by atoms with van der Waals surface area (Å²) in [5.41, 5.74) is 2.11. The van der Waals surface area contributed by atoms with E-state index in [0.717, 1.165) is 51.3 Å². The van der Waals surface area contributed by atoms with Crippen molar-refractivity contribution < 1.29 is 0 Å². The molecule has 0 aromatic carbocycles. The first-order valence-electron chi connectivity index (χ1n) is 8.36. The van der Waals surface area contributed by atoms with Gasteiger partial charge in [0.2, 0.25) is 0 Å². The predicted octanol–water partition coefficient (Wildman–Crippen LogP) is 1.47. The Labute approximate surface area is 136 Å². The number of aromatic nitrogens is 4. The molecule has 0 radical (unpaired) electrons. The Morgan fingerprint density at radius 2 is 1.96 bits per heavy atom. The van der Waals surface area contributed by atoms with Crippen LogP contribution < -0.4 is 5.56 Å². The van der Waals surface area contributed by atoms with Gasteiger partial charge in [-0.25, -0.2) is 4.68 Å². The Balaban J connectivity index is 1.46. The van der Waals surface area contributed by atoms with Crippen LogP contribution in [0.25, 0.3) is 0 Å². The van der Waals surface area contributed by atoms with E-state index in [1.165, 1.54) is 5.56 Å². The molecule has 6 nitrogen and oxygen atoms in total. The first-order valence-corrected chi connectivity index (χ1v) is 8.36. The average Bonchev–Trinajstić information content (AvgIpc) is 2.96. The van der Waals surface area contributed by atoms with E-state index < -0.39 is 0 Å². The molecule has 0 bridgehead atoms. The summed E-state index contributed by atoms with van der Waals surface area (Å²) < 4.78 is 3.64. The number of nitrogens with zero attached hydrogens (tertiary/aromatic N) is 5. The minimum absolute atomic E-state index is 0.00656. The Bertz CT molecular complexity index is 697. The van der Waals surface area contributed by atoms with Gasteiger partial charge in [0.25, 0.3) is 5.56 Å². The van der Waals surface area contributed by atoms with Gasteiger partial charge in [0.1, 0.15) is 0 Å². The van der Waals surface area contributed by atoms with Crippen molar-refractivity contribution >= 4 is 0 Å². The highest BCUT2D eigenvalue weighted by Gasteiger charge is 2.20. The zero-order chi connectivity index (χ0) is 16.2. The zero-order valence-electron chi connectivity index (χ0n) is 14.0. The van der Waals surface area contributed by atoms with Gasteiger partial charge >= 0.3 is 0 Å².